The van der Waals surface area contributed by atoms with Gasteiger partial charge in [-0.15, -0.1) is 10.2 Å². The van der Waals surface area contributed by atoms with Gasteiger partial charge in [-0.1, -0.05) is 22.9 Å². The molecule has 0 fully saturated rings. The van der Waals surface area contributed by atoms with Gasteiger partial charge in [0.25, 0.3) is 5.82 Å². The van der Waals surface area contributed by atoms with Crippen LogP contribution >= 0.6 is 22.9 Å². The van der Waals surface area contributed by atoms with Crippen LogP contribution in [0.1, 0.15) is 5.82 Å². The van der Waals surface area contributed by atoms with E-state index < -0.39 is 12.0 Å². The van der Waals surface area contributed by atoms with E-state index in [1.54, 1.807) is 12.1 Å². The largest absolute Gasteiger partial charge is 0.453 e. The third-order valence-electron chi connectivity index (χ3n) is 2.41. The summed E-state index contributed by atoms with van der Waals surface area (Å²) in [6.45, 7) is 0. The van der Waals surface area contributed by atoms with Crippen molar-refractivity contribution in [2.24, 2.45) is 0 Å². The molecule has 2 N–H and O–H groups in total. The maximum atomic E-state index is 12.7. The molecule has 20 heavy (non-hydrogen) atoms. The van der Waals surface area contributed by atoms with Crippen LogP contribution in [0.2, 0.25) is 5.02 Å². The fourth-order valence-electron chi connectivity index (χ4n) is 1.65. The molecule has 1 aromatic carbocycles. The van der Waals surface area contributed by atoms with Crippen LogP contribution in [0.5, 0.6) is 0 Å². The average molecular weight is 320 g/mol. The van der Waals surface area contributed by atoms with Gasteiger partial charge < -0.3 is 5.73 Å². The molecule has 2 aromatic heterocycles. The molecule has 2 heterocycles. The van der Waals surface area contributed by atoms with E-state index in [0.29, 0.717) is 25.8 Å². The first-order valence-electron chi connectivity index (χ1n) is 5.20. The van der Waals surface area contributed by atoms with Crippen molar-refractivity contribution < 1.29 is 13.2 Å². The summed E-state index contributed by atoms with van der Waals surface area (Å²) in [4.78, 5) is 0.0471. The lowest BCUT2D eigenvalue weighted by Gasteiger charge is -2.01. The summed E-state index contributed by atoms with van der Waals surface area (Å²) in [6.07, 6.45) is -4.61. The van der Waals surface area contributed by atoms with Gasteiger partial charge in [0, 0.05) is 16.3 Å². The predicted octanol–water partition coefficient (Wildman–Crippen LogP) is 3.11. The Kier molecular flexibility index (Phi) is 2.83. The number of alkyl halides is 3. The maximum absolute atomic E-state index is 12.7. The number of nitrogen functional groups attached to an aromatic ring is 1. The lowest BCUT2D eigenvalue weighted by Crippen LogP contribution is -2.11. The zero-order valence-electron chi connectivity index (χ0n) is 9.52. The van der Waals surface area contributed by atoms with Crippen LogP contribution < -0.4 is 5.73 Å². The second-order valence-corrected chi connectivity index (χ2v) is 5.29. The molecule has 0 aliphatic rings. The Hall–Kier alpha value is -1.87. The van der Waals surface area contributed by atoms with Crippen LogP contribution in [0.15, 0.2) is 18.2 Å². The van der Waals surface area contributed by atoms with E-state index in [2.05, 4.69) is 15.3 Å². The lowest BCUT2D eigenvalue weighted by atomic mass is 10.2. The number of rotatable bonds is 1. The van der Waals surface area contributed by atoms with E-state index in [0.717, 1.165) is 11.3 Å². The molecule has 104 valence electrons. The molecule has 0 saturated heterocycles. The van der Waals surface area contributed by atoms with Gasteiger partial charge in [-0.05, 0) is 18.2 Å². The zero-order chi connectivity index (χ0) is 14.5. The molecule has 10 heteroatoms. The third kappa shape index (κ3) is 2.18. The number of anilines is 1. The molecule has 0 atom stereocenters. The Morgan fingerprint density at radius 3 is 2.60 bits per heavy atom. The van der Waals surface area contributed by atoms with Crippen molar-refractivity contribution in [2.45, 2.75) is 6.18 Å². The van der Waals surface area contributed by atoms with Crippen LogP contribution in [-0.2, 0) is 6.18 Å². The van der Waals surface area contributed by atoms with E-state index in [1.807, 2.05) is 0 Å². The zero-order valence-corrected chi connectivity index (χ0v) is 11.1. The summed E-state index contributed by atoms with van der Waals surface area (Å²) in [5.74, 6) is -1.16. The van der Waals surface area contributed by atoms with Crippen LogP contribution in [0.3, 0.4) is 0 Å². The highest BCUT2D eigenvalue weighted by atomic mass is 35.5. The number of fused-ring (bicyclic) bond motifs is 1. The molecular weight excluding hydrogens is 315 g/mol. The maximum Gasteiger partial charge on any atom is 0.453 e. The fourth-order valence-corrected chi connectivity index (χ4v) is 2.72. The molecule has 0 aliphatic carbocycles. The highest BCUT2D eigenvalue weighted by Gasteiger charge is 2.38. The van der Waals surface area contributed by atoms with Gasteiger partial charge in [-0.3, -0.25) is 0 Å². The van der Waals surface area contributed by atoms with E-state index in [1.165, 1.54) is 6.07 Å². The van der Waals surface area contributed by atoms with Gasteiger partial charge in [0.1, 0.15) is 5.01 Å². The molecule has 0 radical (unpaired) electrons. The normalized spacial score (nSPS) is 12.2. The third-order valence-corrected chi connectivity index (χ3v) is 3.58. The summed E-state index contributed by atoms with van der Waals surface area (Å²) in [5, 5.41) is 11.1. The summed E-state index contributed by atoms with van der Waals surface area (Å²) in [7, 11) is 0. The smallest absolute Gasteiger partial charge is 0.399 e. The van der Waals surface area contributed by atoms with E-state index in [4.69, 9.17) is 17.3 Å². The minimum absolute atomic E-state index is 0.0471. The molecule has 0 saturated carbocycles. The van der Waals surface area contributed by atoms with Gasteiger partial charge in [-0.25, -0.2) is 0 Å². The van der Waals surface area contributed by atoms with E-state index in [-0.39, 0.29) is 4.96 Å². The Bertz CT molecular complexity index is 774. The number of nitrogens with zero attached hydrogens (tertiary/aromatic N) is 4. The molecule has 5 nitrogen and oxygen atoms in total. The Morgan fingerprint density at radius 1 is 1.20 bits per heavy atom. The Morgan fingerprint density at radius 2 is 1.95 bits per heavy atom. The molecular formula is C10H5ClF3N5S. The SMILES string of the molecule is Nc1cc(Cl)cc(-c2nn3c(C(F)(F)F)nnc3s2)c1. The standard InChI is InChI=1S/C10H5ClF3N5S/c11-5-1-4(2-6(15)3-5)7-18-19-8(10(12,13)14)16-17-9(19)20-7/h1-3H,15H2. The number of aromatic nitrogens is 4. The van der Waals surface area contributed by atoms with Crippen molar-refractivity contribution in [3.8, 4) is 10.6 Å². The minimum atomic E-state index is -4.61. The number of halogens is 4. The second kappa shape index (κ2) is 4.32. The van der Waals surface area contributed by atoms with Gasteiger partial charge in [0.15, 0.2) is 0 Å². The topological polar surface area (TPSA) is 69.1 Å². The Labute approximate surface area is 118 Å². The van der Waals surface area contributed by atoms with Crippen LogP contribution in [0, 0.1) is 0 Å². The second-order valence-electron chi connectivity index (χ2n) is 3.90. The molecule has 0 bridgehead atoms. The van der Waals surface area contributed by atoms with Crippen LogP contribution in [-0.4, -0.2) is 19.8 Å². The van der Waals surface area contributed by atoms with Crippen molar-refractivity contribution in [1.82, 2.24) is 19.8 Å². The van der Waals surface area contributed by atoms with Gasteiger partial charge in [-0.2, -0.15) is 22.8 Å². The highest BCUT2D eigenvalue weighted by molar-refractivity contribution is 7.19. The fraction of sp³-hybridized carbons (Fsp3) is 0.100. The van der Waals surface area contributed by atoms with Crippen molar-refractivity contribution in [2.75, 3.05) is 5.73 Å². The first-order chi connectivity index (χ1) is 9.34. The molecule has 0 aliphatic heterocycles. The summed E-state index contributed by atoms with van der Waals surface area (Å²) in [5.41, 5.74) is 6.57. The molecule has 0 amide bonds. The van der Waals surface area contributed by atoms with Crippen molar-refractivity contribution in [3.05, 3.63) is 29.0 Å². The molecule has 0 unspecified atom stereocenters. The van der Waals surface area contributed by atoms with Crippen molar-refractivity contribution in [1.29, 1.82) is 0 Å². The van der Waals surface area contributed by atoms with Gasteiger partial charge in [0.2, 0.25) is 4.96 Å². The van der Waals surface area contributed by atoms with Crippen molar-refractivity contribution >= 4 is 33.6 Å². The van der Waals surface area contributed by atoms with Crippen molar-refractivity contribution in [3.63, 3.8) is 0 Å². The van der Waals surface area contributed by atoms with Crippen LogP contribution in [0.4, 0.5) is 18.9 Å². The lowest BCUT2D eigenvalue weighted by molar-refractivity contribution is -0.146. The first-order valence-corrected chi connectivity index (χ1v) is 6.40. The molecule has 3 rings (SSSR count). The molecule has 0 spiro atoms. The van der Waals surface area contributed by atoms with Gasteiger partial charge in [0.05, 0.1) is 0 Å². The summed E-state index contributed by atoms with van der Waals surface area (Å²) < 4.78 is 38.7. The van der Waals surface area contributed by atoms with E-state index >= 15 is 0 Å². The number of hydrogen-bond donors (Lipinski definition) is 1. The molecule has 3 aromatic rings. The average Bonchev–Trinajstić information content (AvgIpc) is 2.83. The number of nitrogens with two attached hydrogens (primary N) is 1. The van der Waals surface area contributed by atoms with E-state index in [9.17, 15) is 13.2 Å². The summed E-state index contributed by atoms with van der Waals surface area (Å²) in [6, 6.07) is 4.67. The number of hydrogen-bond acceptors (Lipinski definition) is 5. The predicted molar refractivity (Wildman–Crippen MR) is 68.5 cm³/mol. The quantitative estimate of drug-likeness (QED) is 0.700. The van der Waals surface area contributed by atoms with Gasteiger partial charge >= 0.3 is 6.18 Å². The minimum Gasteiger partial charge on any atom is -0.399 e. The Balaban J connectivity index is 2.16. The van der Waals surface area contributed by atoms with Crippen LogP contribution in [0.25, 0.3) is 15.5 Å². The highest BCUT2D eigenvalue weighted by Crippen LogP contribution is 2.33. The number of benzene rings is 1. The first kappa shape index (κ1) is 13.1. The monoisotopic (exact) mass is 319 g/mol. The summed E-state index contributed by atoms with van der Waals surface area (Å²) >= 11 is 6.83.